The Labute approximate surface area is 170 Å². The molecule has 0 saturated heterocycles. The van der Waals surface area contributed by atoms with Gasteiger partial charge >= 0.3 is 0 Å². The molecule has 2 atom stereocenters. The van der Waals surface area contributed by atoms with Crippen LogP contribution in [0.1, 0.15) is 38.7 Å². The van der Waals surface area contributed by atoms with Crippen molar-refractivity contribution in [3.05, 3.63) is 35.9 Å². The zero-order chi connectivity index (χ0) is 20.2. The molecule has 0 radical (unpaired) electrons. The van der Waals surface area contributed by atoms with Crippen LogP contribution in [0.3, 0.4) is 0 Å². The lowest BCUT2D eigenvalue weighted by molar-refractivity contribution is 0.0368. The summed E-state index contributed by atoms with van der Waals surface area (Å²) < 4.78 is 5.53. The molecular formula is C22H38N4O2. The largest absolute Gasteiger partial charge is 0.389 e. The highest BCUT2D eigenvalue weighted by Gasteiger charge is 2.21. The van der Waals surface area contributed by atoms with Gasteiger partial charge in [-0.05, 0) is 51.6 Å². The van der Waals surface area contributed by atoms with E-state index in [9.17, 15) is 5.11 Å². The summed E-state index contributed by atoms with van der Waals surface area (Å²) >= 11 is 0. The number of rotatable bonds is 13. The standard InChI is InChI=1S/C22H38N4O2/c1-4-23-22(25-14-21(27)17-28-16-20-10-11-20)24-13-12-18(2)26(3)15-19-8-6-5-7-9-19/h5-9,18,20-21,27H,4,10-17H2,1-3H3,(H2,23,24,25). The molecule has 6 heteroatoms. The van der Waals surface area contributed by atoms with Crippen LogP contribution in [0, 0.1) is 5.92 Å². The van der Waals surface area contributed by atoms with Gasteiger partial charge in [-0.25, -0.2) is 0 Å². The highest BCUT2D eigenvalue weighted by atomic mass is 16.5. The molecule has 28 heavy (non-hydrogen) atoms. The average molecular weight is 391 g/mol. The van der Waals surface area contributed by atoms with Gasteiger partial charge in [-0.15, -0.1) is 0 Å². The normalized spacial score (nSPS) is 16.8. The first-order valence-corrected chi connectivity index (χ1v) is 10.6. The Morgan fingerprint density at radius 3 is 2.71 bits per heavy atom. The molecule has 1 aromatic carbocycles. The average Bonchev–Trinajstić information content (AvgIpc) is 3.51. The second-order valence-electron chi connectivity index (χ2n) is 7.82. The van der Waals surface area contributed by atoms with E-state index >= 15 is 0 Å². The number of nitrogens with zero attached hydrogens (tertiary/aromatic N) is 2. The van der Waals surface area contributed by atoms with E-state index in [1.807, 2.05) is 6.92 Å². The SMILES string of the molecule is CCNC(=NCC(O)COCC1CC1)NCCC(C)N(C)Cc1ccccc1. The molecule has 0 aromatic heterocycles. The number of aliphatic imine (C=N–C) groups is 1. The number of aliphatic hydroxyl groups excluding tert-OH is 1. The summed E-state index contributed by atoms with van der Waals surface area (Å²) in [7, 11) is 2.16. The van der Waals surface area contributed by atoms with Crippen molar-refractivity contribution >= 4 is 5.96 Å². The number of nitrogens with one attached hydrogen (secondary N) is 2. The first-order valence-electron chi connectivity index (χ1n) is 10.6. The molecular weight excluding hydrogens is 352 g/mol. The Morgan fingerprint density at radius 1 is 1.29 bits per heavy atom. The third-order valence-corrected chi connectivity index (χ3v) is 5.05. The van der Waals surface area contributed by atoms with Gasteiger partial charge in [-0.2, -0.15) is 0 Å². The maximum atomic E-state index is 10.0. The van der Waals surface area contributed by atoms with Crippen LogP contribution < -0.4 is 10.6 Å². The lowest BCUT2D eigenvalue weighted by Gasteiger charge is -2.25. The molecule has 0 amide bonds. The summed E-state index contributed by atoms with van der Waals surface area (Å²) in [4.78, 5) is 6.85. The van der Waals surface area contributed by atoms with Gasteiger partial charge < -0.3 is 20.5 Å². The predicted molar refractivity (Wildman–Crippen MR) is 116 cm³/mol. The van der Waals surface area contributed by atoms with Crippen molar-refractivity contribution in [3.8, 4) is 0 Å². The Kier molecular flexibility index (Phi) is 10.3. The van der Waals surface area contributed by atoms with E-state index in [0.29, 0.717) is 19.2 Å². The van der Waals surface area contributed by atoms with Crippen molar-refractivity contribution in [2.75, 3.05) is 39.9 Å². The zero-order valence-electron chi connectivity index (χ0n) is 17.7. The van der Waals surface area contributed by atoms with E-state index in [2.05, 4.69) is 64.8 Å². The Hall–Kier alpha value is -1.63. The second-order valence-corrected chi connectivity index (χ2v) is 7.82. The van der Waals surface area contributed by atoms with Gasteiger partial charge in [0, 0.05) is 32.3 Å². The fourth-order valence-corrected chi connectivity index (χ4v) is 2.89. The quantitative estimate of drug-likeness (QED) is 0.356. The van der Waals surface area contributed by atoms with Crippen LogP contribution >= 0.6 is 0 Å². The first kappa shape index (κ1) is 22.7. The molecule has 2 unspecified atom stereocenters. The highest BCUT2D eigenvalue weighted by Crippen LogP contribution is 2.28. The Morgan fingerprint density at radius 2 is 2.04 bits per heavy atom. The van der Waals surface area contributed by atoms with E-state index in [1.165, 1.54) is 18.4 Å². The number of hydrogen-bond donors (Lipinski definition) is 3. The number of hydrogen-bond acceptors (Lipinski definition) is 4. The molecule has 1 aliphatic carbocycles. The van der Waals surface area contributed by atoms with E-state index in [4.69, 9.17) is 4.74 Å². The van der Waals surface area contributed by atoms with E-state index in [1.54, 1.807) is 0 Å². The predicted octanol–water partition coefficient (Wildman–Crippen LogP) is 2.24. The molecule has 0 aliphatic heterocycles. The molecule has 2 rings (SSSR count). The third-order valence-electron chi connectivity index (χ3n) is 5.05. The summed E-state index contributed by atoms with van der Waals surface area (Å²) in [6, 6.07) is 11.0. The number of guanidine groups is 1. The molecule has 0 bridgehead atoms. The van der Waals surface area contributed by atoms with Crippen LogP contribution in [0.25, 0.3) is 0 Å². The second kappa shape index (κ2) is 12.8. The van der Waals surface area contributed by atoms with Crippen LogP contribution in [0.4, 0.5) is 0 Å². The van der Waals surface area contributed by atoms with Crippen LogP contribution in [0.5, 0.6) is 0 Å². The molecule has 1 saturated carbocycles. The van der Waals surface area contributed by atoms with Gasteiger partial charge in [0.05, 0.1) is 19.3 Å². The molecule has 1 aliphatic rings. The Bertz CT molecular complexity index is 563. The zero-order valence-corrected chi connectivity index (χ0v) is 17.7. The Balaban J connectivity index is 1.65. The minimum absolute atomic E-state index is 0.351. The number of aliphatic hydroxyl groups is 1. The minimum Gasteiger partial charge on any atom is -0.389 e. The van der Waals surface area contributed by atoms with E-state index in [0.717, 1.165) is 44.5 Å². The molecule has 3 N–H and O–H groups in total. The van der Waals surface area contributed by atoms with Gasteiger partial charge in [-0.3, -0.25) is 9.89 Å². The first-order chi connectivity index (χ1) is 13.6. The van der Waals surface area contributed by atoms with Crippen LogP contribution in [0.2, 0.25) is 0 Å². The maximum Gasteiger partial charge on any atom is 0.191 e. The minimum atomic E-state index is -0.551. The van der Waals surface area contributed by atoms with Crippen molar-refractivity contribution in [1.82, 2.24) is 15.5 Å². The van der Waals surface area contributed by atoms with E-state index < -0.39 is 6.10 Å². The van der Waals surface area contributed by atoms with Crippen molar-refractivity contribution in [2.45, 2.75) is 51.8 Å². The lowest BCUT2D eigenvalue weighted by Crippen LogP contribution is -2.40. The van der Waals surface area contributed by atoms with Gasteiger partial charge in [-0.1, -0.05) is 30.3 Å². The summed E-state index contributed by atoms with van der Waals surface area (Å²) in [6.07, 6.45) is 3.00. The molecule has 158 valence electrons. The van der Waals surface area contributed by atoms with Crippen molar-refractivity contribution < 1.29 is 9.84 Å². The lowest BCUT2D eigenvalue weighted by atomic mass is 10.1. The smallest absolute Gasteiger partial charge is 0.191 e. The van der Waals surface area contributed by atoms with Crippen LogP contribution in [0.15, 0.2) is 35.3 Å². The van der Waals surface area contributed by atoms with Crippen LogP contribution in [-0.2, 0) is 11.3 Å². The molecule has 0 heterocycles. The van der Waals surface area contributed by atoms with Gasteiger partial charge in [0.2, 0.25) is 0 Å². The van der Waals surface area contributed by atoms with Crippen molar-refractivity contribution in [1.29, 1.82) is 0 Å². The molecule has 1 aromatic rings. The summed E-state index contributed by atoms with van der Waals surface area (Å²) in [5.41, 5.74) is 1.33. The number of benzene rings is 1. The van der Waals surface area contributed by atoms with Gasteiger partial charge in [0.15, 0.2) is 5.96 Å². The van der Waals surface area contributed by atoms with Gasteiger partial charge in [0.25, 0.3) is 0 Å². The highest BCUT2D eigenvalue weighted by molar-refractivity contribution is 5.79. The van der Waals surface area contributed by atoms with Crippen molar-refractivity contribution in [3.63, 3.8) is 0 Å². The molecule has 0 spiro atoms. The summed E-state index contributed by atoms with van der Waals surface area (Å²) in [6.45, 7) is 8.35. The fourth-order valence-electron chi connectivity index (χ4n) is 2.89. The fraction of sp³-hybridized carbons (Fsp3) is 0.682. The number of ether oxygens (including phenoxy) is 1. The third kappa shape index (κ3) is 9.53. The molecule has 1 fully saturated rings. The van der Waals surface area contributed by atoms with Gasteiger partial charge in [0.1, 0.15) is 0 Å². The monoisotopic (exact) mass is 390 g/mol. The topological polar surface area (TPSA) is 69.1 Å². The summed E-state index contributed by atoms with van der Waals surface area (Å²) in [5.74, 6) is 1.47. The van der Waals surface area contributed by atoms with E-state index in [-0.39, 0.29) is 0 Å². The maximum absolute atomic E-state index is 10.0. The van der Waals surface area contributed by atoms with Crippen molar-refractivity contribution in [2.24, 2.45) is 10.9 Å². The molecule has 6 nitrogen and oxygen atoms in total. The van der Waals surface area contributed by atoms with Crippen LogP contribution in [-0.4, -0.2) is 68.0 Å². The summed E-state index contributed by atoms with van der Waals surface area (Å²) in [5, 5.41) is 16.6.